The highest BCUT2D eigenvalue weighted by molar-refractivity contribution is 6.29. The number of aromatic nitrogens is 5. The number of anilines is 1. The SMILES string of the molecule is Cc1cc(C(=O)N2CCN(c3nc4nc(Cl)ccc4o3)CC2)ccc1-c1cn(CC(C)(C)C)nn1. The summed E-state index contributed by atoms with van der Waals surface area (Å²) in [6.07, 6.45) is 1.96. The zero-order valence-corrected chi connectivity index (χ0v) is 21.1. The first-order valence-electron chi connectivity index (χ1n) is 11.6. The number of hydrogen-bond donors (Lipinski definition) is 0. The van der Waals surface area contributed by atoms with Crippen LogP contribution in [0.3, 0.4) is 0 Å². The highest BCUT2D eigenvalue weighted by Gasteiger charge is 2.25. The molecule has 3 aromatic heterocycles. The number of hydrogen-bond acceptors (Lipinski definition) is 7. The number of rotatable bonds is 4. The van der Waals surface area contributed by atoms with Crippen LogP contribution in [0.15, 0.2) is 40.9 Å². The van der Waals surface area contributed by atoms with E-state index in [1.165, 1.54) is 0 Å². The van der Waals surface area contributed by atoms with Gasteiger partial charge in [0.25, 0.3) is 11.9 Å². The van der Waals surface area contributed by atoms with E-state index in [9.17, 15) is 4.79 Å². The molecular weight excluding hydrogens is 466 g/mol. The van der Waals surface area contributed by atoms with Crippen LogP contribution in [0.1, 0.15) is 36.7 Å². The maximum atomic E-state index is 13.2. The lowest BCUT2D eigenvalue weighted by Gasteiger charge is -2.33. The fourth-order valence-corrected chi connectivity index (χ4v) is 4.41. The predicted octanol–water partition coefficient (Wildman–Crippen LogP) is 4.45. The van der Waals surface area contributed by atoms with Crippen LogP contribution in [0, 0.1) is 12.3 Å². The lowest BCUT2D eigenvalue weighted by Crippen LogP contribution is -2.48. The molecule has 1 fully saturated rings. The number of halogens is 1. The van der Waals surface area contributed by atoms with Gasteiger partial charge in [-0.15, -0.1) is 5.10 Å². The van der Waals surface area contributed by atoms with Crippen molar-refractivity contribution >= 4 is 34.8 Å². The van der Waals surface area contributed by atoms with Gasteiger partial charge < -0.3 is 14.2 Å². The zero-order chi connectivity index (χ0) is 24.7. The highest BCUT2D eigenvalue weighted by Crippen LogP contribution is 2.26. The summed E-state index contributed by atoms with van der Waals surface area (Å²) in [5, 5.41) is 8.98. The van der Waals surface area contributed by atoms with E-state index in [0.29, 0.717) is 54.1 Å². The van der Waals surface area contributed by atoms with Crippen molar-refractivity contribution in [2.24, 2.45) is 5.41 Å². The van der Waals surface area contributed by atoms with Crippen molar-refractivity contribution in [3.63, 3.8) is 0 Å². The summed E-state index contributed by atoms with van der Waals surface area (Å²) in [5.74, 6) is 0.0155. The largest absolute Gasteiger partial charge is 0.422 e. The van der Waals surface area contributed by atoms with Gasteiger partial charge >= 0.3 is 0 Å². The summed E-state index contributed by atoms with van der Waals surface area (Å²) in [6.45, 7) is 11.7. The molecule has 1 aliphatic heterocycles. The van der Waals surface area contributed by atoms with Crippen LogP contribution in [0.5, 0.6) is 0 Å². The van der Waals surface area contributed by atoms with Gasteiger partial charge in [-0.1, -0.05) is 43.7 Å². The van der Waals surface area contributed by atoms with E-state index in [1.807, 2.05) is 45.8 Å². The fourth-order valence-electron chi connectivity index (χ4n) is 4.27. The Morgan fingerprint density at radius 1 is 1.09 bits per heavy atom. The van der Waals surface area contributed by atoms with Crippen LogP contribution >= 0.6 is 11.6 Å². The number of pyridine rings is 1. The van der Waals surface area contributed by atoms with Crippen molar-refractivity contribution in [2.75, 3.05) is 31.1 Å². The lowest BCUT2D eigenvalue weighted by atomic mass is 9.97. The molecule has 0 aliphatic carbocycles. The minimum atomic E-state index is 0.0155. The van der Waals surface area contributed by atoms with Gasteiger partial charge in [0, 0.05) is 43.9 Å². The topological polar surface area (TPSA) is 93.2 Å². The van der Waals surface area contributed by atoms with Crippen molar-refractivity contribution in [2.45, 2.75) is 34.2 Å². The van der Waals surface area contributed by atoms with Crippen LogP contribution in [0.4, 0.5) is 6.01 Å². The number of aryl methyl sites for hydroxylation is 1. The first-order chi connectivity index (χ1) is 16.7. The Hall–Kier alpha value is -3.46. The summed E-state index contributed by atoms with van der Waals surface area (Å²) in [6, 6.07) is 9.70. The molecule has 0 saturated carbocycles. The van der Waals surface area contributed by atoms with E-state index < -0.39 is 0 Å². The Morgan fingerprint density at radius 2 is 1.86 bits per heavy atom. The number of nitrogens with zero attached hydrogens (tertiary/aromatic N) is 7. The van der Waals surface area contributed by atoms with Crippen LogP contribution < -0.4 is 4.90 Å². The molecule has 0 radical (unpaired) electrons. The number of carbonyl (C=O) groups excluding carboxylic acids is 1. The molecule has 10 heteroatoms. The molecule has 0 bridgehead atoms. The monoisotopic (exact) mass is 493 g/mol. The quantitative estimate of drug-likeness (QED) is 0.387. The molecule has 0 spiro atoms. The fraction of sp³-hybridized carbons (Fsp3) is 0.400. The van der Waals surface area contributed by atoms with Gasteiger partial charge in [0.05, 0.1) is 6.20 Å². The summed E-state index contributed by atoms with van der Waals surface area (Å²) in [4.78, 5) is 25.7. The summed E-state index contributed by atoms with van der Waals surface area (Å²) >= 11 is 5.95. The van der Waals surface area contributed by atoms with Gasteiger partial charge in [-0.3, -0.25) is 9.48 Å². The Morgan fingerprint density at radius 3 is 2.57 bits per heavy atom. The predicted molar refractivity (Wildman–Crippen MR) is 135 cm³/mol. The Balaban J connectivity index is 1.25. The third-order valence-electron chi connectivity index (χ3n) is 5.97. The Bertz CT molecular complexity index is 1380. The molecule has 1 aliphatic rings. The van der Waals surface area contributed by atoms with Gasteiger partial charge in [0.1, 0.15) is 10.8 Å². The second-order valence-corrected chi connectivity index (χ2v) is 10.5. The van der Waals surface area contributed by atoms with Gasteiger partial charge in [-0.05, 0) is 42.2 Å². The van der Waals surface area contributed by atoms with Gasteiger partial charge in [-0.25, -0.2) is 4.98 Å². The number of amides is 1. The molecule has 35 heavy (non-hydrogen) atoms. The number of benzene rings is 1. The normalized spacial score (nSPS) is 14.7. The van der Waals surface area contributed by atoms with E-state index >= 15 is 0 Å². The maximum Gasteiger partial charge on any atom is 0.300 e. The molecule has 5 rings (SSSR count). The molecule has 0 atom stereocenters. The minimum Gasteiger partial charge on any atom is -0.422 e. The van der Waals surface area contributed by atoms with Gasteiger partial charge in [-0.2, -0.15) is 4.98 Å². The third kappa shape index (κ3) is 5.00. The second-order valence-electron chi connectivity index (χ2n) is 10.1. The van der Waals surface area contributed by atoms with Crippen molar-refractivity contribution in [3.05, 3.63) is 52.8 Å². The summed E-state index contributed by atoms with van der Waals surface area (Å²) < 4.78 is 7.69. The Labute approximate surface area is 208 Å². The van der Waals surface area contributed by atoms with Crippen LogP contribution in [-0.2, 0) is 6.54 Å². The lowest BCUT2D eigenvalue weighted by molar-refractivity contribution is 0.0745. The maximum absolute atomic E-state index is 13.2. The van der Waals surface area contributed by atoms with E-state index in [0.717, 1.165) is 23.4 Å². The zero-order valence-electron chi connectivity index (χ0n) is 20.3. The Kier molecular flexibility index (Phi) is 5.96. The third-order valence-corrected chi connectivity index (χ3v) is 6.18. The van der Waals surface area contributed by atoms with Crippen molar-refractivity contribution < 1.29 is 9.21 Å². The number of carbonyl (C=O) groups is 1. The highest BCUT2D eigenvalue weighted by atomic mass is 35.5. The molecule has 9 nitrogen and oxygen atoms in total. The number of oxazole rings is 1. The van der Waals surface area contributed by atoms with Crippen molar-refractivity contribution in [1.29, 1.82) is 0 Å². The molecule has 4 aromatic rings. The molecule has 4 heterocycles. The van der Waals surface area contributed by atoms with Crippen molar-refractivity contribution in [1.82, 2.24) is 29.9 Å². The molecular formula is C25H28ClN7O2. The minimum absolute atomic E-state index is 0.0155. The van der Waals surface area contributed by atoms with Gasteiger partial charge in [0.15, 0.2) is 5.58 Å². The summed E-state index contributed by atoms with van der Waals surface area (Å²) in [7, 11) is 0. The van der Waals surface area contributed by atoms with Crippen LogP contribution in [0.25, 0.3) is 22.5 Å². The second kappa shape index (κ2) is 8.96. The first kappa shape index (κ1) is 23.3. The average molecular weight is 494 g/mol. The molecule has 0 unspecified atom stereocenters. The standard InChI is InChI=1S/C25H28ClN7O2/c1-16-13-17(5-6-18(16)19-14-33(30-29-19)15-25(2,3)4)23(34)31-9-11-32(12-10-31)24-28-22-20(35-24)7-8-21(26)27-22/h5-8,13-14H,9-12,15H2,1-4H3. The average Bonchev–Trinajstić information content (AvgIpc) is 3.44. The van der Waals surface area contributed by atoms with Gasteiger partial charge in [0.2, 0.25) is 5.65 Å². The van der Waals surface area contributed by atoms with E-state index in [4.69, 9.17) is 16.0 Å². The van der Waals surface area contributed by atoms with Crippen LogP contribution in [0.2, 0.25) is 5.15 Å². The smallest absolute Gasteiger partial charge is 0.300 e. The van der Waals surface area contributed by atoms with Crippen molar-refractivity contribution in [3.8, 4) is 11.3 Å². The number of piperazine rings is 1. The van der Waals surface area contributed by atoms with E-state index in [2.05, 4.69) is 41.1 Å². The molecule has 1 aromatic carbocycles. The van der Waals surface area contributed by atoms with E-state index in [-0.39, 0.29) is 11.3 Å². The van der Waals surface area contributed by atoms with E-state index in [1.54, 1.807) is 12.1 Å². The number of fused-ring (bicyclic) bond motifs is 1. The summed E-state index contributed by atoms with van der Waals surface area (Å²) in [5.41, 5.74) is 4.66. The molecule has 0 N–H and O–H groups in total. The van der Waals surface area contributed by atoms with Crippen LogP contribution in [-0.4, -0.2) is 61.9 Å². The molecule has 182 valence electrons. The molecule has 1 saturated heterocycles. The first-order valence-corrected chi connectivity index (χ1v) is 12.0. The molecule has 1 amide bonds.